The Kier molecular flexibility index (Phi) is 8.43. The first-order valence-electron chi connectivity index (χ1n) is 6.36. The van der Waals surface area contributed by atoms with Crippen LogP contribution in [0.25, 0.3) is 0 Å². The van der Waals surface area contributed by atoms with Crippen molar-refractivity contribution < 1.29 is 18.2 Å². The van der Waals surface area contributed by atoms with E-state index in [1.54, 1.807) is 12.1 Å². The molecule has 0 aromatic heterocycles. The molecule has 1 aromatic carbocycles. The molecule has 1 rings (SSSR count). The molecular weight excluding hydrogens is 310 g/mol. The van der Waals surface area contributed by atoms with E-state index in [0.29, 0.717) is 0 Å². The lowest BCUT2D eigenvalue weighted by atomic mass is 10.2. The zero-order valence-corrected chi connectivity index (χ0v) is 13.6. The normalized spacial score (nSPS) is 10.4. The van der Waals surface area contributed by atoms with E-state index >= 15 is 0 Å². The second-order valence-electron chi connectivity index (χ2n) is 4.43. The van der Waals surface area contributed by atoms with Crippen LogP contribution < -0.4 is 8.93 Å². The lowest BCUT2D eigenvalue weighted by molar-refractivity contribution is -0.904. The molecule has 0 amide bonds. The lowest BCUT2D eigenvalue weighted by Gasteiger charge is -2.30. The largest absolute Gasteiger partial charge is 0.545 e. The summed E-state index contributed by atoms with van der Waals surface area (Å²) in [6, 6.07) is 6.20. The first kappa shape index (κ1) is 17.9. The molecule has 0 aliphatic heterocycles. The van der Waals surface area contributed by atoms with Crippen LogP contribution >= 0.6 is 16.3 Å². The molecule has 0 aliphatic carbocycles. The van der Waals surface area contributed by atoms with E-state index in [9.17, 15) is 9.90 Å². The molecule has 1 aromatic rings. The average molecular weight is 332 g/mol. The van der Waals surface area contributed by atoms with E-state index in [0.717, 1.165) is 0 Å². The summed E-state index contributed by atoms with van der Waals surface area (Å²) in [5, 5.41) is 10.4. The van der Waals surface area contributed by atoms with Crippen molar-refractivity contribution in [1.82, 2.24) is 0 Å². The molecule has 0 unspecified atom stereocenters. The van der Waals surface area contributed by atoms with Gasteiger partial charge in [-0.2, -0.15) is 0 Å². The van der Waals surface area contributed by atoms with E-state index in [4.69, 9.17) is 0 Å². The van der Waals surface area contributed by atoms with Crippen LogP contribution in [0.15, 0.2) is 24.3 Å². The number of quaternary nitrogens is 1. The van der Waals surface area contributed by atoms with Crippen LogP contribution in [0.2, 0.25) is 0 Å². The topological polar surface area (TPSA) is 49.4 Å². The van der Waals surface area contributed by atoms with Crippen molar-refractivity contribution >= 4 is 22.2 Å². The van der Waals surface area contributed by atoms with Crippen molar-refractivity contribution in [3.8, 4) is 5.75 Å². The van der Waals surface area contributed by atoms with Gasteiger partial charge >= 0.3 is 0 Å². The highest BCUT2D eigenvalue weighted by Gasteiger charge is 2.10. The molecule has 5 heteroatoms. The van der Waals surface area contributed by atoms with Gasteiger partial charge in [0.1, 0.15) is 5.75 Å². The standard InChI is InChI=1S/C7H5BrO3.C7H18N/c8-11-6-4-2-1-3-5(6)7(9)10;1-5-8(4,6-2)7-3/h1-4H,(H,9,10);5-7H2,1-4H3/q;+1/p-1. The Bertz CT molecular complexity index is 384. The fourth-order valence-electron chi connectivity index (χ4n) is 1.37. The molecule has 0 N–H and O–H groups in total. The summed E-state index contributed by atoms with van der Waals surface area (Å²) in [4.78, 5) is 10.4. The Balaban J connectivity index is 0.000000362. The fourth-order valence-corrected chi connectivity index (χ4v) is 1.66. The lowest BCUT2D eigenvalue weighted by Crippen LogP contribution is -2.42. The predicted molar refractivity (Wildman–Crippen MR) is 78.1 cm³/mol. The summed E-state index contributed by atoms with van der Waals surface area (Å²) < 4.78 is 5.81. The highest BCUT2D eigenvalue weighted by Crippen LogP contribution is 2.18. The Morgan fingerprint density at radius 1 is 1.21 bits per heavy atom. The molecule has 0 atom stereocenters. The summed E-state index contributed by atoms with van der Waals surface area (Å²) in [6.45, 7) is 10.5. The molecule has 0 saturated carbocycles. The van der Waals surface area contributed by atoms with E-state index < -0.39 is 5.97 Å². The molecule has 19 heavy (non-hydrogen) atoms. The Labute approximate surface area is 124 Å². The Morgan fingerprint density at radius 2 is 1.68 bits per heavy atom. The van der Waals surface area contributed by atoms with E-state index in [1.165, 1.54) is 36.3 Å². The molecular formula is C14H22BrNO3. The third kappa shape index (κ3) is 6.07. The fraction of sp³-hybridized carbons (Fsp3) is 0.500. The van der Waals surface area contributed by atoms with Gasteiger partial charge < -0.3 is 18.2 Å². The number of hydrogen-bond acceptors (Lipinski definition) is 3. The van der Waals surface area contributed by atoms with Gasteiger partial charge in [-0.25, -0.2) is 0 Å². The van der Waals surface area contributed by atoms with Gasteiger partial charge in [0.15, 0.2) is 16.3 Å². The number of carbonyl (C=O) groups is 1. The quantitative estimate of drug-likeness (QED) is 0.777. The molecule has 0 spiro atoms. The minimum Gasteiger partial charge on any atom is -0.545 e. The number of benzene rings is 1. The van der Waals surface area contributed by atoms with Crippen LogP contribution in [-0.4, -0.2) is 37.1 Å². The first-order valence-corrected chi connectivity index (χ1v) is 7.01. The molecule has 108 valence electrons. The molecule has 0 radical (unpaired) electrons. The zero-order chi connectivity index (χ0) is 14.9. The van der Waals surface area contributed by atoms with Gasteiger partial charge in [-0.15, -0.1) is 0 Å². The number of carboxylic acids is 1. The molecule has 0 saturated heterocycles. The number of aromatic carboxylic acids is 1. The third-order valence-corrected chi connectivity index (χ3v) is 3.83. The average Bonchev–Trinajstić information content (AvgIpc) is 2.47. The van der Waals surface area contributed by atoms with Gasteiger partial charge in [-0.3, -0.25) is 0 Å². The second-order valence-corrected chi connectivity index (χ2v) is 4.75. The highest BCUT2D eigenvalue weighted by molar-refractivity contribution is 9.06. The minimum absolute atomic E-state index is 0.0318. The van der Waals surface area contributed by atoms with E-state index in [-0.39, 0.29) is 11.3 Å². The molecule has 0 aliphatic rings. The minimum atomic E-state index is -1.25. The van der Waals surface area contributed by atoms with Crippen LogP contribution in [0.3, 0.4) is 0 Å². The van der Waals surface area contributed by atoms with Crippen LogP contribution in [0.1, 0.15) is 31.1 Å². The number of nitrogens with zero attached hydrogens (tertiary/aromatic N) is 1. The molecule has 4 nitrogen and oxygen atoms in total. The van der Waals surface area contributed by atoms with Gasteiger partial charge in [-0.05, 0) is 32.9 Å². The van der Waals surface area contributed by atoms with Gasteiger partial charge in [0.05, 0.1) is 32.7 Å². The van der Waals surface area contributed by atoms with Gasteiger partial charge in [-0.1, -0.05) is 12.1 Å². The Morgan fingerprint density at radius 3 is 1.95 bits per heavy atom. The van der Waals surface area contributed by atoms with Gasteiger partial charge in [0, 0.05) is 5.56 Å². The van der Waals surface area contributed by atoms with Crippen LogP contribution in [-0.2, 0) is 0 Å². The maximum Gasteiger partial charge on any atom is 0.179 e. The molecule has 0 fully saturated rings. The maximum atomic E-state index is 10.4. The van der Waals surface area contributed by atoms with Crippen LogP contribution in [0.4, 0.5) is 0 Å². The summed E-state index contributed by atoms with van der Waals surface area (Å²) in [7, 11) is 2.29. The van der Waals surface area contributed by atoms with Crippen LogP contribution in [0, 0.1) is 0 Å². The number of carboxylic acid groups (broad SMARTS) is 1. The van der Waals surface area contributed by atoms with Crippen molar-refractivity contribution in [2.75, 3.05) is 26.7 Å². The maximum absolute atomic E-state index is 10.4. The van der Waals surface area contributed by atoms with Crippen LogP contribution in [0.5, 0.6) is 5.75 Å². The SMILES string of the molecule is CC[N+](C)(CC)CC.O=C([O-])c1ccccc1OBr. The van der Waals surface area contributed by atoms with Crippen molar-refractivity contribution in [1.29, 1.82) is 0 Å². The van der Waals surface area contributed by atoms with Crippen molar-refractivity contribution in [3.05, 3.63) is 29.8 Å². The number of halogens is 1. The van der Waals surface area contributed by atoms with Crippen molar-refractivity contribution in [3.63, 3.8) is 0 Å². The van der Waals surface area contributed by atoms with E-state index in [1.807, 2.05) is 0 Å². The predicted octanol–water partition coefficient (Wildman–Crippen LogP) is 2.23. The third-order valence-electron chi connectivity index (χ3n) is 3.48. The number of para-hydroxylation sites is 1. The van der Waals surface area contributed by atoms with Crippen molar-refractivity contribution in [2.24, 2.45) is 0 Å². The van der Waals surface area contributed by atoms with Gasteiger partial charge in [0.25, 0.3) is 0 Å². The number of rotatable bonds is 5. The summed E-state index contributed by atoms with van der Waals surface area (Å²) >= 11 is 2.69. The van der Waals surface area contributed by atoms with Crippen molar-refractivity contribution in [2.45, 2.75) is 20.8 Å². The highest BCUT2D eigenvalue weighted by atomic mass is 79.9. The first-order chi connectivity index (χ1) is 8.94. The Hall–Kier alpha value is -1.07. The molecule has 0 heterocycles. The smallest absolute Gasteiger partial charge is 0.179 e. The molecule has 0 bridgehead atoms. The summed E-state index contributed by atoms with van der Waals surface area (Å²) in [5.41, 5.74) is 0.0318. The summed E-state index contributed by atoms with van der Waals surface area (Å²) in [5.74, 6) is -1.01. The second kappa shape index (κ2) is 8.93. The zero-order valence-electron chi connectivity index (χ0n) is 12.0. The monoisotopic (exact) mass is 331 g/mol. The summed E-state index contributed by atoms with van der Waals surface area (Å²) in [6.07, 6.45) is 0. The number of hydrogen-bond donors (Lipinski definition) is 0. The number of carbonyl (C=O) groups excluding carboxylic acids is 1. The van der Waals surface area contributed by atoms with Gasteiger partial charge in [0.2, 0.25) is 0 Å². The van der Waals surface area contributed by atoms with E-state index in [2.05, 4.69) is 47.9 Å².